The predicted octanol–water partition coefficient (Wildman–Crippen LogP) is 2.94. The summed E-state index contributed by atoms with van der Waals surface area (Å²) in [5.74, 6) is 0.488. The highest BCUT2D eigenvalue weighted by molar-refractivity contribution is 5.77. The first kappa shape index (κ1) is 19.4. The Balaban J connectivity index is 2.11. The zero-order valence-electron chi connectivity index (χ0n) is 16.0. The SMILES string of the molecule is COc1ncc(Nc2ncc(C(C)(C)O)cc2-c2cc(N)nc(C)n2)cc1F. The highest BCUT2D eigenvalue weighted by atomic mass is 19.1. The van der Waals surface area contributed by atoms with Gasteiger partial charge in [0.15, 0.2) is 5.82 Å². The Morgan fingerprint density at radius 3 is 2.50 bits per heavy atom. The van der Waals surface area contributed by atoms with Crippen LogP contribution >= 0.6 is 0 Å². The van der Waals surface area contributed by atoms with Gasteiger partial charge in [0.05, 0.1) is 30.3 Å². The third-order valence-electron chi connectivity index (χ3n) is 3.99. The third-order valence-corrected chi connectivity index (χ3v) is 3.99. The van der Waals surface area contributed by atoms with Crippen LogP contribution < -0.4 is 15.8 Å². The van der Waals surface area contributed by atoms with Gasteiger partial charge >= 0.3 is 0 Å². The fourth-order valence-corrected chi connectivity index (χ4v) is 2.60. The smallest absolute Gasteiger partial charge is 0.250 e. The number of ether oxygens (including phenoxy) is 1. The molecule has 3 heterocycles. The van der Waals surface area contributed by atoms with E-state index >= 15 is 0 Å². The molecule has 0 aliphatic carbocycles. The van der Waals surface area contributed by atoms with Crippen molar-refractivity contribution in [1.82, 2.24) is 19.9 Å². The Bertz CT molecular complexity index is 1000. The molecule has 0 spiro atoms. The predicted molar refractivity (Wildman–Crippen MR) is 104 cm³/mol. The standard InChI is InChI=1S/C19H21FN6O2/c1-10-24-15(7-16(21)25-10)13-5-11(19(2,3)27)8-22-17(13)26-12-6-14(20)18(28-4)23-9-12/h5-9,27H,1-4H3,(H,22,26)(H2,21,24,25). The maximum absolute atomic E-state index is 14.0. The van der Waals surface area contributed by atoms with Crippen molar-refractivity contribution in [2.75, 3.05) is 18.2 Å². The topological polar surface area (TPSA) is 119 Å². The Hall–Kier alpha value is -3.33. The lowest BCUT2D eigenvalue weighted by Gasteiger charge is -2.20. The fraction of sp³-hybridized carbons (Fsp3) is 0.263. The zero-order chi connectivity index (χ0) is 20.5. The summed E-state index contributed by atoms with van der Waals surface area (Å²) in [5, 5.41) is 13.4. The van der Waals surface area contributed by atoms with E-state index in [2.05, 4.69) is 25.3 Å². The molecule has 4 N–H and O–H groups in total. The van der Waals surface area contributed by atoms with Gasteiger partial charge in [0, 0.05) is 29.5 Å². The molecule has 0 saturated carbocycles. The number of pyridine rings is 2. The first-order chi connectivity index (χ1) is 13.2. The highest BCUT2D eigenvalue weighted by Gasteiger charge is 2.20. The Labute approximate surface area is 161 Å². The molecular formula is C19H21FN6O2. The number of aromatic nitrogens is 4. The van der Waals surface area contributed by atoms with Gasteiger partial charge in [-0.15, -0.1) is 0 Å². The summed E-state index contributed by atoms with van der Waals surface area (Å²) < 4.78 is 18.8. The molecule has 0 unspecified atom stereocenters. The van der Waals surface area contributed by atoms with Crippen LogP contribution in [0.1, 0.15) is 25.2 Å². The first-order valence-corrected chi connectivity index (χ1v) is 8.48. The van der Waals surface area contributed by atoms with Gasteiger partial charge < -0.3 is 20.9 Å². The lowest BCUT2D eigenvalue weighted by Crippen LogP contribution is -2.16. The van der Waals surface area contributed by atoms with Crippen molar-refractivity contribution in [3.8, 4) is 17.1 Å². The maximum Gasteiger partial charge on any atom is 0.250 e. The second-order valence-electron chi connectivity index (χ2n) is 6.74. The summed E-state index contributed by atoms with van der Waals surface area (Å²) in [4.78, 5) is 16.8. The van der Waals surface area contributed by atoms with Crippen LogP contribution in [0.2, 0.25) is 0 Å². The van der Waals surface area contributed by atoms with Crippen molar-refractivity contribution in [2.45, 2.75) is 26.4 Å². The fourth-order valence-electron chi connectivity index (χ4n) is 2.60. The van der Waals surface area contributed by atoms with Crippen LogP contribution in [-0.2, 0) is 5.60 Å². The Morgan fingerprint density at radius 1 is 1.14 bits per heavy atom. The largest absolute Gasteiger partial charge is 0.479 e. The molecule has 8 nitrogen and oxygen atoms in total. The molecule has 3 aromatic heterocycles. The van der Waals surface area contributed by atoms with E-state index in [1.54, 1.807) is 32.9 Å². The minimum absolute atomic E-state index is 0.102. The first-order valence-electron chi connectivity index (χ1n) is 8.48. The number of nitrogen functional groups attached to an aromatic ring is 1. The van der Waals surface area contributed by atoms with Crippen LogP contribution in [0.25, 0.3) is 11.3 Å². The zero-order valence-corrected chi connectivity index (χ0v) is 16.0. The van der Waals surface area contributed by atoms with Gasteiger partial charge in [-0.1, -0.05) is 0 Å². The van der Waals surface area contributed by atoms with Gasteiger partial charge in [0.2, 0.25) is 5.88 Å². The molecule has 3 rings (SSSR count). The number of aryl methyl sites for hydroxylation is 1. The number of anilines is 3. The molecule has 0 atom stereocenters. The van der Waals surface area contributed by atoms with Crippen molar-refractivity contribution < 1.29 is 14.2 Å². The molecule has 146 valence electrons. The number of methoxy groups -OCH3 is 1. The normalized spacial score (nSPS) is 11.4. The quantitative estimate of drug-likeness (QED) is 0.614. The van der Waals surface area contributed by atoms with Crippen molar-refractivity contribution in [2.24, 2.45) is 0 Å². The number of rotatable bonds is 5. The highest BCUT2D eigenvalue weighted by Crippen LogP contribution is 2.32. The van der Waals surface area contributed by atoms with E-state index < -0.39 is 11.4 Å². The molecule has 0 amide bonds. The minimum Gasteiger partial charge on any atom is -0.479 e. The van der Waals surface area contributed by atoms with Crippen LogP contribution in [0.15, 0.2) is 30.6 Å². The summed E-state index contributed by atoms with van der Waals surface area (Å²) >= 11 is 0. The number of nitrogens with zero attached hydrogens (tertiary/aromatic N) is 4. The Morgan fingerprint density at radius 2 is 1.89 bits per heavy atom. The molecule has 0 aliphatic heterocycles. The van der Waals surface area contributed by atoms with Gasteiger partial charge in [0.1, 0.15) is 17.5 Å². The summed E-state index contributed by atoms with van der Waals surface area (Å²) in [6.07, 6.45) is 2.97. The number of aliphatic hydroxyl groups is 1. The second-order valence-corrected chi connectivity index (χ2v) is 6.74. The molecule has 0 aromatic carbocycles. The average molecular weight is 384 g/mol. The summed E-state index contributed by atoms with van der Waals surface area (Å²) in [7, 11) is 1.34. The second kappa shape index (κ2) is 7.35. The van der Waals surface area contributed by atoms with Crippen LogP contribution in [0.3, 0.4) is 0 Å². The number of hydrogen-bond acceptors (Lipinski definition) is 8. The van der Waals surface area contributed by atoms with E-state index in [9.17, 15) is 9.50 Å². The van der Waals surface area contributed by atoms with Crippen molar-refractivity contribution in [1.29, 1.82) is 0 Å². The number of nitrogens with one attached hydrogen (secondary N) is 1. The van der Waals surface area contributed by atoms with Gasteiger partial charge in [-0.3, -0.25) is 0 Å². The molecule has 3 aromatic rings. The van der Waals surface area contributed by atoms with Crippen LogP contribution in [0.4, 0.5) is 21.7 Å². The molecule has 0 bridgehead atoms. The average Bonchev–Trinajstić information content (AvgIpc) is 2.60. The summed E-state index contributed by atoms with van der Waals surface area (Å²) in [6.45, 7) is 5.04. The van der Waals surface area contributed by atoms with Gasteiger partial charge in [-0.2, -0.15) is 0 Å². The monoisotopic (exact) mass is 384 g/mol. The van der Waals surface area contributed by atoms with E-state index in [0.717, 1.165) is 0 Å². The summed E-state index contributed by atoms with van der Waals surface area (Å²) in [6, 6.07) is 4.61. The van der Waals surface area contributed by atoms with Gasteiger partial charge in [0.25, 0.3) is 0 Å². The van der Waals surface area contributed by atoms with Crippen molar-refractivity contribution in [3.05, 3.63) is 47.8 Å². The van der Waals surface area contributed by atoms with Crippen LogP contribution in [0, 0.1) is 12.7 Å². The maximum atomic E-state index is 14.0. The molecule has 0 saturated heterocycles. The van der Waals surface area contributed by atoms with E-state index in [-0.39, 0.29) is 5.88 Å². The lowest BCUT2D eigenvalue weighted by molar-refractivity contribution is 0.0783. The van der Waals surface area contributed by atoms with Gasteiger partial charge in [-0.25, -0.2) is 24.3 Å². The van der Waals surface area contributed by atoms with E-state index in [1.807, 2.05) is 0 Å². The number of hydrogen-bond donors (Lipinski definition) is 3. The number of nitrogens with two attached hydrogens (primary N) is 1. The molecule has 0 fully saturated rings. The van der Waals surface area contributed by atoms with Crippen LogP contribution in [0.5, 0.6) is 5.88 Å². The molecule has 0 radical (unpaired) electrons. The minimum atomic E-state index is -1.11. The lowest BCUT2D eigenvalue weighted by atomic mass is 9.97. The van der Waals surface area contributed by atoms with Crippen molar-refractivity contribution in [3.63, 3.8) is 0 Å². The van der Waals surface area contributed by atoms with E-state index in [0.29, 0.717) is 40.0 Å². The Kier molecular flexibility index (Phi) is 5.10. The third kappa shape index (κ3) is 4.15. The van der Waals surface area contributed by atoms with Gasteiger partial charge in [-0.05, 0) is 26.8 Å². The number of halogens is 1. The molecule has 28 heavy (non-hydrogen) atoms. The summed E-state index contributed by atoms with van der Waals surface area (Å²) in [5.41, 5.74) is 6.81. The molecule has 0 aliphatic rings. The van der Waals surface area contributed by atoms with E-state index in [4.69, 9.17) is 10.5 Å². The van der Waals surface area contributed by atoms with Crippen molar-refractivity contribution >= 4 is 17.3 Å². The van der Waals surface area contributed by atoms with E-state index in [1.165, 1.54) is 25.6 Å². The van der Waals surface area contributed by atoms with Crippen LogP contribution in [-0.4, -0.2) is 32.2 Å². The molecule has 9 heteroatoms. The molecular weight excluding hydrogens is 363 g/mol.